The van der Waals surface area contributed by atoms with E-state index >= 15 is 0 Å². The topological polar surface area (TPSA) is 91.3 Å². The fourth-order valence-corrected chi connectivity index (χ4v) is 3.10. The lowest BCUT2D eigenvalue weighted by atomic mass is 9.92. The Labute approximate surface area is 121 Å². The summed E-state index contributed by atoms with van der Waals surface area (Å²) < 4.78 is 0. The van der Waals surface area contributed by atoms with Crippen molar-refractivity contribution >= 4 is 23.2 Å². The number of hydrogen-bond donors (Lipinski definition) is 3. The van der Waals surface area contributed by atoms with E-state index in [0.29, 0.717) is 19.0 Å². The minimum absolute atomic E-state index is 0.0727. The highest BCUT2D eigenvalue weighted by Gasteiger charge is 2.24. The summed E-state index contributed by atoms with van der Waals surface area (Å²) in [5.74, 6) is -0.842. The van der Waals surface area contributed by atoms with Gasteiger partial charge in [0.2, 0.25) is 5.91 Å². The zero-order valence-corrected chi connectivity index (χ0v) is 12.2. The molecule has 110 valence electrons. The highest BCUT2D eigenvalue weighted by molar-refractivity contribution is 7.09. The number of amides is 1. The van der Waals surface area contributed by atoms with Crippen LogP contribution in [0.2, 0.25) is 0 Å². The quantitative estimate of drug-likeness (QED) is 0.751. The number of carbonyl (C=O) groups excluding carboxylic acids is 1. The van der Waals surface area contributed by atoms with E-state index in [-0.39, 0.29) is 17.5 Å². The van der Waals surface area contributed by atoms with Gasteiger partial charge in [0.05, 0.1) is 5.01 Å². The molecule has 0 saturated carbocycles. The molecular weight excluding hydrogens is 278 g/mol. The van der Waals surface area contributed by atoms with Crippen molar-refractivity contribution in [3.8, 4) is 0 Å². The number of nitrogens with zero attached hydrogens (tertiary/aromatic N) is 1. The molecule has 1 aliphatic rings. The van der Waals surface area contributed by atoms with E-state index in [4.69, 9.17) is 5.11 Å². The van der Waals surface area contributed by atoms with Gasteiger partial charge in [0.25, 0.3) is 0 Å². The molecule has 1 aliphatic heterocycles. The number of rotatable bonds is 5. The highest BCUT2D eigenvalue weighted by atomic mass is 32.1. The number of piperidine rings is 1. The van der Waals surface area contributed by atoms with Crippen molar-refractivity contribution in [3.05, 3.63) is 16.1 Å². The maximum Gasteiger partial charge on any atom is 0.355 e. The number of thiazole rings is 1. The molecule has 3 N–H and O–H groups in total. The third-order valence-electron chi connectivity index (χ3n) is 3.40. The van der Waals surface area contributed by atoms with E-state index in [1.165, 1.54) is 16.7 Å². The monoisotopic (exact) mass is 297 g/mol. The fourth-order valence-electron chi connectivity index (χ4n) is 2.33. The maximum atomic E-state index is 12.0. The SMILES string of the molecule is CC1CC(C(=O)NCCc2nc(C(=O)O)cs2)CCN1. The van der Waals surface area contributed by atoms with Crippen LogP contribution in [-0.4, -0.2) is 41.1 Å². The molecule has 2 unspecified atom stereocenters. The molecule has 20 heavy (non-hydrogen) atoms. The second kappa shape index (κ2) is 6.81. The van der Waals surface area contributed by atoms with Gasteiger partial charge < -0.3 is 15.7 Å². The lowest BCUT2D eigenvalue weighted by molar-refractivity contribution is -0.126. The van der Waals surface area contributed by atoms with Crippen LogP contribution < -0.4 is 10.6 Å². The van der Waals surface area contributed by atoms with E-state index in [9.17, 15) is 9.59 Å². The van der Waals surface area contributed by atoms with E-state index < -0.39 is 5.97 Å². The summed E-state index contributed by atoms with van der Waals surface area (Å²) in [4.78, 5) is 26.7. The first-order valence-corrected chi connectivity index (χ1v) is 7.63. The summed E-state index contributed by atoms with van der Waals surface area (Å²) >= 11 is 1.31. The van der Waals surface area contributed by atoms with Gasteiger partial charge >= 0.3 is 5.97 Å². The Hall–Kier alpha value is -1.47. The van der Waals surface area contributed by atoms with Gasteiger partial charge in [-0.3, -0.25) is 4.79 Å². The van der Waals surface area contributed by atoms with Crippen LogP contribution in [0, 0.1) is 5.92 Å². The van der Waals surface area contributed by atoms with Crippen molar-refractivity contribution in [3.63, 3.8) is 0 Å². The molecule has 0 bridgehead atoms. The molecule has 1 aromatic heterocycles. The molecule has 7 heteroatoms. The van der Waals surface area contributed by atoms with Gasteiger partial charge in [-0.25, -0.2) is 9.78 Å². The molecule has 2 atom stereocenters. The summed E-state index contributed by atoms with van der Waals surface area (Å²) in [6.45, 7) is 3.47. The number of carbonyl (C=O) groups is 2. The molecule has 2 rings (SSSR count). The summed E-state index contributed by atoms with van der Waals surface area (Å²) in [5, 5.41) is 17.3. The number of carboxylic acid groups (broad SMARTS) is 1. The molecule has 1 fully saturated rings. The Balaban J connectivity index is 1.74. The standard InChI is InChI=1S/C13H19N3O3S/c1-8-6-9(2-4-14-8)12(17)15-5-3-11-16-10(7-20-11)13(18)19/h7-9,14H,2-6H2,1H3,(H,15,17)(H,18,19). The first-order chi connectivity index (χ1) is 9.56. The van der Waals surface area contributed by atoms with E-state index in [2.05, 4.69) is 22.5 Å². The third kappa shape index (κ3) is 4.01. The molecule has 0 radical (unpaired) electrons. The minimum Gasteiger partial charge on any atom is -0.476 e. The molecule has 6 nitrogen and oxygen atoms in total. The van der Waals surface area contributed by atoms with E-state index in [1.807, 2.05) is 0 Å². The van der Waals surface area contributed by atoms with Gasteiger partial charge in [0.1, 0.15) is 0 Å². The van der Waals surface area contributed by atoms with Crippen LogP contribution in [-0.2, 0) is 11.2 Å². The fraction of sp³-hybridized carbons (Fsp3) is 0.615. The van der Waals surface area contributed by atoms with Crippen molar-refractivity contribution in [2.45, 2.75) is 32.2 Å². The molecule has 1 aromatic rings. The van der Waals surface area contributed by atoms with Gasteiger partial charge in [-0.1, -0.05) is 0 Å². The Morgan fingerprint density at radius 1 is 1.60 bits per heavy atom. The molecule has 1 amide bonds. The van der Waals surface area contributed by atoms with Gasteiger partial charge in [-0.2, -0.15) is 0 Å². The lowest BCUT2D eigenvalue weighted by Gasteiger charge is -2.27. The molecule has 0 spiro atoms. The second-order valence-corrected chi connectivity index (χ2v) is 5.99. The maximum absolute atomic E-state index is 12.0. The predicted octanol–water partition coefficient (Wildman–Crippen LogP) is 0.888. The Bertz CT molecular complexity index is 489. The normalized spacial score (nSPS) is 22.4. The van der Waals surface area contributed by atoms with E-state index in [1.54, 1.807) is 0 Å². The van der Waals surface area contributed by atoms with Crippen LogP contribution in [0.15, 0.2) is 5.38 Å². The first kappa shape index (κ1) is 14.9. The average Bonchev–Trinajstić information content (AvgIpc) is 2.87. The van der Waals surface area contributed by atoms with Crippen molar-refractivity contribution in [2.75, 3.05) is 13.1 Å². The molecule has 0 aliphatic carbocycles. The lowest BCUT2D eigenvalue weighted by Crippen LogP contribution is -2.42. The first-order valence-electron chi connectivity index (χ1n) is 6.75. The van der Waals surface area contributed by atoms with Gasteiger partial charge in [0.15, 0.2) is 5.69 Å². The van der Waals surface area contributed by atoms with Crippen LogP contribution in [0.4, 0.5) is 0 Å². The number of nitrogens with one attached hydrogen (secondary N) is 2. The number of carboxylic acids is 1. The molecule has 1 saturated heterocycles. The molecule has 0 aromatic carbocycles. The molecule has 2 heterocycles. The average molecular weight is 297 g/mol. The Morgan fingerprint density at radius 2 is 2.40 bits per heavy atom. The van der Waals surface area contributed by atoms with Gasteiger partial charge in [-0.05, 0) is 26.3 Å². The zero-order chi connectivity index (χ0) is 14.5. The van der Waals surface area contributed by atoms with Crippen LogP contribution in [0.25, 0.3) is 0 Å². The summed E-state index contributed by atoms with van der Waals surface area (Å²) in [7, 11) is 0. The van der Waals surface area contributed by atoms with Gasteiger partial charge in [-0.15, -0.1) is 11.3 Å². The zero-order valence-electron chi connectivity index (χ0n) is 11.4. The number of aromatic carboxylic acids is 1. The van der Waals surface area contributed by atoms with E-state index in [0.717, 1.165) is 24.4 Å². The summed E-state index contributed by atoms with van der Waals surface area (Å²) in [6, 6.07) is 0.386. The third-order valence-corrected chi connectivity index (χ3v) is 4.31. The smallest absolute Gasteiger partial charge is 0.355 e. The van der Waals surface area contributed by atoms with Crippen LogP contribution in [0.3, 0.4) is 0 Å². The van der Waals surface area contributed by atoms with Crippen LogP contribution >= 0.6 is 11.3 Å². The largest absolute Gasteiger partial charge is 0.476 e. The summed E-state index contributed by atoms with van der Waals surface area (Å²) in [5.41, 5.74) is 0.0727. The number of aromatic nitrogens is 1. The summed E-state index contributed by atoms with van der Waals surface area (Å²) in [6.07, 6.45) is 2.31. The Morgan fingerprint density at radius 3 is 3.05 bits per heavy atom. The molecular formula is C13H19N3O3S. The minimum atomic E-state index is -1.01. The van der Waals surface area contributed by atoms with Crippen LogP contribution in [0.5, 0.6) is 0 Å². The van der Waals surface area contributed by atoms with Crippen molar-refractivity contribution < 1.29 is 14.7 Å². The predicted molar refractivity (Wildman–Crippen MR) is 76.0 cm³/mol. The van der Waals surface area contributed by atoms with Crippen LogP contribution in [0.1, 0.15) is 35.3 Å². The Kier molecular flexibility index (Phi) is 5.08. The number of hydrogen-bond acceptors (Lipinski definition) is 5. The van der Waals surface area contributed by atoms with Crippen molar-refractivity contribution in [1.82, 2.24) is 15.6 Å². The second-order valence-electron chi connectivity index (χ2n) is 5.05. The van der Waals surface area contributed by atoms with Crippen molar-refractivity contribution in [1.29, 1.82) is 0 Å². The van der Waals surface area contributed by atoms with Gasteiger partial charge in [0, 0.05) is 30.3 Å². The highest BCUT2D eigenvalue weighted by Crippen LogP contribution is 2.16. The van der Waals surface area contributed by atoms with Crippen molar-refractivity contribution in [2.24, 2.45) is 5.92 Å².